The van der Waals surface area contributed by atoms with Crippen LogP contribution >= 0.6 is 46.6 Å². The predicted molar refractivity (Wildman–Crippen MR) is 98.5 cm³/mol. The summed E-state index contributed by atoms with van der Waals surface area (Å²) < 4.78 is 0. The van der Waals surface area contributed by atoms with Gasteiger partial charge >= 0.3 is 0 Å². The standard InChI is InChI=1S/C16H13Cl3N2OS/c17-12-8-13(18)16(14(19)9-12)23-7-6-21-15(22)4-3-11-2-1-5-20-10-11/h1-5,8-10H,6-7H2,(H,21,22). The molecule has 0 bridgehead atoms. The average Bonchev–Trinajstić information content (AvgIpc) is 2.52. The third kappa shape index (κ3) is 6.07. The predicted octanol–water partition coefficient (Wildman–Crippen LogP) is 4.96. The maximum absolute atomic E-state index is 11.7. The summed E-state index contributed by atoms with van der Waals surface area (Å²) in [5.74, 6) is 0.482. The summed E-state index contributed by atoms with van der Waals surface area (Å²) in [5, 5.41) is 4.31. The summed E-state index contributed by atoms with van der Waals surface area (Å²) in [6.45, 7) is 0.496. The summed E-state index contributed by atoms with van der Waals surface area (Å²) in [5.41, 5.74) is 0.872. The molecule has 7 heteroatoms. The number of benzene rings is 1. The number of nitrogens with one attached hydrogen (secondary N) is 1. The molecule has 0 aliphatic heterocycles. The Morgan fingerprint density at radius 3 is 2.65 bits per heavy atom. The maximum Gasteiger partial charge on any atom is 0.244 e. The van der Waals surface area contributed by atoms with E-state index < -0.39 is 0 Å². The first kappa shape index (κ1) is 18.1. The molecule has 0 aliphatic carbocycles. The minimum absolute atomic E-state index is 0.164. The van der Waals surface area contributed by atoms with E-state index in [1.54, 1.807) is 30.6 Å². The van der Waals surface area contributed by atoms with Gasteiger partial charge in [-0.1, -0.05) is 40.9 Å². The van der Waals surface area contributed by atoms with Gasteiger partial charge in [0.15, 0.2) is 0 Å². The van der Waals surface area contributed by atoms with Crippen molar-refractivity contribution in [2.75, 3.05) is 12.3 Å². The van der Waals surface area contributed by atoms with Crippen molar-refractivity contribution >= 4 is 58.5 Å². The van der Waals surface area contributed by atoms with Gasteiger partial charge in [-0.3, -0.25) is 9.78 Å². The molecule has 1 N–H and O–H groups in total. The Balaban J connectivity index is 1.77. The summed E-state index contributed by atoms with van der Waals surface area (Å²) >= 11 is 19.5. The topological polar surface area (TPSA) is 42.0 Å². The lowest BCUT2D eigenvalue weighted by Crippen LogP contribution is -2.23. The molecule has 1 aromatic heterocycles. The van der Waals surface area contributed by atoms with Gasteiger partial charge in [0, 0.05) is 40.7 Å². The largest absolute Gasteiger partial charge is 0.352 e. The van der Waals surface area contributed by atoms with E-state index in [-0.39, 0.29) is 5.91 Å². The zero-order valence-electron chi connectivity index (χ0n) is 11.9. The summed E-state index contributed by atoms with van der Waals surface area (Å²) in [4.78, 5) is 16.4. The number of aromatic nitrogens is 1. The Hall–Kier alpha value is -1.20. The Morgan fingerprint density at radius 2 is 2.00 bits per heavy atom. The van der Waals surface area contributed by atoms with Crippen molar-refractivity contribution in [3.63, 3.8) is 0 Å². The molecular formula is C16H13Cl3N2OS. The fraction of sp³-hybridized carbons (Fsp3) is 0.125. The number of amides is 1. The molecule has 23 heavy (non-hydrogen) atoms. The second kappa shape index (κ2) is 9.18. The number of carbonyl (C=O) groups is 1. The second-order valence-electron chi connectivity index (χ2n) is 4.46. The normalized spacial score (nSPS) is 10.9. The zero-order chi connectivity index (χ0) is 16.7. The van der Waals surface area contributed by atoms with E-state index in [2.05, 4.69) is 10.3 Å². The molecule has 0 unspecified atom stereocenters. The van der Waals surface area contributed by atoms with Crippen molar-refractivity contribution in [2.45, 2.75) is 4.90 Å². The van der Waals surface area contributed by atoms with Crippen LogP contribution in [-0.2, 0) is 4.79 Å². The quantitative estimate of drug-likeness (QED) is 0.432. The summed E-state index contributed by atoms with van der Waals surface area (Å²) in [7, 11) is 0. The molecule has 0 aliphatic rings. The number of pyridine rings is 1. The molecule has 0 fully saturated rings. The lowest BCUT2D eigenvalue weighted by molar-refractivity contribution is -0.116. The molecule has 0 saturated carbocycles. The highest BCUT2D eigenvalue weighted by Crippen LogP contribution is 2.36. The van der Waals surface area contributed by atoms with Crippen molar-refractivity contribution in [3.8, 4) is 0 Å². The first-order valence-electron chi connectivity index (χ1n) is 6.69. The van der Waals surface area contributed by atoms with Crippen LogP contribution in [0.15, 0.2) is 47.6 Å². The monoisotopic (exact) mass is 386 g/mol. The molecule has 2 rings (SSSR count). The Labute approximate surface area is 154 Å². The van der Waals surface area contributed by atoms with Gasteiger partial charge in [-0.25, -0.2) is 0 Å². The smallest absolute Gasteiger partial charge is 0.244 e. The Bertz CT molecular complexity index is 685. The van der Waals surface area contributed by atoms with Crippen LogP contribution < -0.4 is 5.32 Å². The van der Waals surface area contributed by atoms with Gasteiger partial charge in [0.05, 0.1) is 10.0 Å². The van der Waals surface area contributed by atoms with Gasteiger partial charge in [-0.05, 0) is 29.8 Å². The molecule has 0 saturated heterocycles. The minimum Gasteiger partial charge on any atom is -0.352 e. The molecule has 3 nitrogen and oxygen atoms in total. The highest BCUT2D eigenvalue weighted by molar-refractivity contribution is 7.99. The SMILES string of the molecule is O=C(C=Cc1cccnc1)NCCSc1c(Cl)cc(Cl)cc1Cl. The molecule has 1 aromatic carbocycles. The number of hydrogen-bond acceptors (Lipinski definition) is 3. The van der Waals surface area contributed by atoms with Crippen molar-refractivity contribution in [3.05, 3.63) is 63.4 Å². The zero-order valence-corrected chi connectivity index (χ0v) is 15.0. The first-order chi connectivity index (χ1) is 11.1. The van der Waals surface area contributed by atoms with Gasteiger partial charge in [0.1, 0.15) is 0 Å². The lowest BCUT2D eigenvalue weighted by atomic mass is 10.2. The fourth-order valence-corrected chi connectivity index (χ4v) is 3.65. The maximum atomic E-state index is 11.7. The van der Waals surface area contributed by atoms with Crippen LogP contribution in [0.2, 0.25) is 15.1 Å². The molecule has 1 heterocycles. The average molecular weight is 388 g/mol. The van der Waals surface area contributed by atoms with Crippen molar-refractivity contribution in [2.24, 2.45) is 0 Å². The molecular weight excluding hydrogens is 375 g/mol. The Kier molecular flexibility index (Phi) is 7.24. The van der Waals surface area contributed by atoms with Crippen molar-refractivity contribution < 1.29 is 4.79 Å². The number of rotatable bonds is 6. The van der Waals surface area contributed by atoms with Gasteiger partial charge < -0.3 is 5.32 Å². The van der Waals surface area contributed by atoms with Crippen LogP contribution in [0, 0.1) is 0 Å². The van der Waals surface area contributed by atoms with E-state index >= 15 is 0 Å². The van der Waals surface area contributed by atoms with Gasteiger partial charge in [0.25, 0.3) is 0 Å². The number of halogens is 3. The fourth-order valence-electron chi connectivity index (χ4n) is 1.70. The van der Waals surface area contributed by atoms with Crippen LogP contribution in [0.25, 0.3) is 6.08 Å². The second-order valence-corrected chi connectivity index (χ2v) is 6.81. The van der Waals surface area contributed by atoms with Crippen LogP contribution in [-0.4, -0.2) is 23.2 Å². The minimum atomic E-state index is -0.164. The molecule has 120 valence electrons. The van der Waals surface area contributed by atoms with E-state index in [9.17, 15) is 4.79 Å². The third-order valence-corrected chi connectivity index (χ3v) is 4.90. The van der Waals surface area contributed by atoms with Crippen molar-refractivity contribution in [1.29, 1.82) is 0 Å². The lowest BCUT2D eigenvalue weighted by Gasteiger charge is -2.07. The van der Waals surface area contributed by atoms with E-state index in [1.165, 1.54) is 17.8 Å². The summed E-state index contributed by atoms with van der Waals surface area (Å²) in [6, 6.07) is 6.98. The van der Waals surface area contributed by atoms with Gasteiger partial charge in [0.2, 0.25) is 5.91 Å². The molecule has 2 aromatic rings. The Morgan fingerprint density at radius 1 is 1.26 bits per heavy atom. The highest BCUT2D eigenvalue weighted by atomic mass is 35.5. The van der Waals surface area contributed by atoms with Crippen LogP contribution in [0.1, 0.15) is 5.56 Å². The first-order valence-corrected chi connectivity index (χ1v) is 8.81. The summed E-state index contributed by atoms with van der Waals surface area (Å²) in [6.07, 6.45) is 6.55. The molecule has 0 spiro atoms. The van der Waals surface area contributed by atoms with E-state index in [0.717, 1.165) is 10.5 Å². The molecule has 0 radical (unpaired) electrons. The number of carbonyl (C=O) groups excluding carboxylic acids is 1. The van der Waals surface area contributed by atoms with E-state index in [4.69, 9.17) is 34.8 Å². The number of thioether (sulfide) groups is 1. The molecule has 0 atom stereocenters. The van der Waals surface area contributed by atoms with Crippen molar-refractivity contribution in [1.82, 2.24) is 10.3 Å². The van der Waals surface area contributed by atoms with Gasteiger partial charge in [-0.15, -0.1) is 11.8 Å². The van der Waals surface area contributed by atoms with E-state index in [1.807, 2.05) is 12.1 Å². The molecule has 1 amide bonds. The van der Waals surface area contributed by atoms with Crippen LogP contribution in [0.5, 0.6) is 0 Å². The number of nitrogens with zero attached hydrogens (tertiary/aromatic N) is 1. The van der Waals surface area contributed by atoms with Crippen LogP contribution in [0.4, 0.5) is 0 Å². The third-order valence-electron chi connectivity index (χ3n) is 2.72. The number of hydrogen-bond donors (Lipinski definition) is 1. The highest BCUT2D eigenvalue weighted by Gasteiger charge is 2.08. The van der Waals surface area contributed by atoms with Gasteiger partial charge in [-0.2, -0.15) is 0 Å². The van der Waals surface area contributed by atoms with Crippen LogP contribution in [0.3, 0.4) is 0 Å². The van der Waals surface area contributed by atoms with E-state index in [0.29, 0.717) is 27.4 Å².